The molecular formula is C18H22FNO. The molecule has 0 heterocycles. The van der Waals surface area contributed by atoms with E-state index in [2.05, 4.69) is 25.2 Å². The quantitative estimate of drug-likeness (QED) is 0.899. The third-order valence-electron chi connectivity index (χ3n) is 3.74. The molecule has 0 aromatic heterocycles. The summed E-state index contributed by atoms with van der Waals surface area (Å²) in [6.07, 6.45) is 0.717. The van der Waals surface area contributed by atoms with Gasteiger partial charge in [-0.25, -0.2) is 4.39 Å². The van der Waals surface area contributed by atoms with Crippen molar-refractivity contribution in [1.82, 2.24) is 5.32 Å². The van der Waals surface area contributed by atoms with Gasteiger partial charge in [0.15, 0.2) is 0 Å². The molecular weight excluding hydrogens is 265 g/mol. The van der Waals surface area contributed by atoms with Crippen LogP contribution >= 0.6 is 0 Å². The second-order valence-corrected chi connectivity index (χ2v) is 5.37. The molecule has 0 saturated heterocycles. The lowest BCUT2D eigenvalue weighted by atomic mass is 9.93. The van der Waals surface area contributed by atoms with E-state index in [0.29, 0.717) is 6.42 Å². The van der Waals surface area contributed by atoms with Gasteiger partial charge in [-0.3, -0.25) is 0 Å². The van der Waals surface area contributed by atoms with Crippen molar-refractivity contribution in [3.63, 3.8) is 0 Å². The van der Waals surface area contributed by atoms with E-state index in [9.17, 15) is 4.39 Å². The molecule has 2 nitrogen and oxygen atoms in total. The van der Waals surface area contributed by atoms with Gasteiger partial charge in [0.1, 0.15) is 11.6 Å². The Balaban J connectivity index is 2.37. The molecule has 0 fully saturated rings. The van der Waals surface area contributed by atoms with Gasteiger partial charge in [-0.15, -0.1) is 0 Å². The van der Waals surface area contributed by atoms with Crippen molar-refractivity contribution in [2.75, 3.05) is 14.2 Å². The summed E-state index contributed by atoms with van der Waals surface area (Å²) in [6.45, 7) is 4.14. The minimum Gasteiger partial charge on any atom is -0.496 e. The molecule has 1 N–H and O–H groups in total. The van der Waals surface area contributed by atoms with E-state index in [1.54, 1.807) is 19.2 Å². The smallest absolute Gasteiger partial charge is 0.124 e. The van der Waals surface area contributed by atoms with Gasteiger partial charge in [-0.05, 0) is 62.2 Å². The molecule has 0 saturated carbocycles. The van der Waals surface area contributed by atoms with E-state index >= 15 is 0 Å². The summed E-state index contributed by atoms with van der Waals surface area (Å²) in [5.41, 5.74) is 4.46. The molecule has 0 aliphatic heterocycles. The number of methoxy groups -OCH3 is 1. The largest absolute Gasteiger partial charge is 0.496 e. The van der Waals surface area contributed by atoms with Gasteiger partial charge in [-0.1, -0.05) is 18.2 Å². The monoisotopic (exact) mass is 287 g/mol. The Labute approximate surface area is 126 Å². The fourth-order valence-electron chi connectivity index (χ4n) is 2.80. The van der Waals surface area contributed by atoms with Crippen LogP contribution in [0.4, 0.5) is 4.39 Å². The Hall–Kier alpha value is -1.87. The number of nitrogens with one attached hydrogen (secondary N) is 1. The number of ether oxygens (including phenoxy) is 1. The summed E-state index contributed by atoms with van der Waals surface area (Å²) in [5.74, 6) is 0.679. The first-order valence-electron chi connectivity index (χ1n) is 7.12. The predicted octanol–water partition coefficient (Wildman–Crippen LogP) is 3.95. The van der Waals surface area contributed by atoms with Crippen LogP contribution in [0.15, 0.2) is 36.4 Å². The third-order valence-corrected chi connectivity index (χ3v) is 3.74. The maximum atomic E-state index is 13.4. The fraction of sp³-hybridized carbons (Fsp3) is 0.333. The van der Waals surface area contributed by atoms with Crippen molar-refractivity contribution in [3.8, 4) is 5.75 Å². The van der Waals surface area contributed by atoms with E-state index in [1.807, 2.05) is 19.2 Å². The Morgan fingerprint density at radius 1 is 1.19 bits per heavy atom. The molecule has 0 aliphatic carbocycles. The van der Waals surface area contributed by atoms with E-state index in [1.165, 1.54) is 17.2 Å². The van der Waals surface area contributed by atoms with Crippen LogP contribution in [0.1, 0.15) is 28.3 Å². The molecule has 1 unspecified atom stereocenters. The van der Waals surface area contributed by atoms with Crippen LogP contribution in [0.5, 0.6) is 5.75 Å². The maximum Gasteiger partial charge on any atom is 0.124 e. The van der Waals surface area contributed by atoms with Crippen LogP contribution in [-0.4, -0.2) is 14.2 Å². The molecule has 2 rings (SSSR count). The molecule has 21 heavy (non-hydrogen) atoms. The second-order valence-electron chi connectivity index (χ2n) is 5.37. The summed E-state index contributed by atoms with van der Waals surface area (Å²) in [4.78, 5) is 0. The third kappa shape index (κ3) is 3.61. The molecule has 0 aliphatic rings. The van der Waals surface area contributed by atoms with Crippen molar-refractivity contribution >= 4 is 0 Å². The van der Waals surface area contributed by atoms with Gasteiger partial charge in [0, 0.05) is 11.6 Å². The summed E-state index contributed by atoms with van der Waals surface area (Å²) in [6, 6.07) is 11.0. The minimum absolute atomic E-state index is 0.0855. The first-order chi connectivity index (χ1) is 10.0. The van der Waals surface area contributed by atoms with Crippen molar-refractivity contribution < 1.29 is 9.13 Å². The fourth-order valence-corrected chi connectivity index (χ4v) is 2.80. The van der Waals surface area contributed by atoms with Crippen LogP contribution in [0.2, 0.25) is 0 Å². The van der Waals surface area contributed by atoms with Crippen LogP contribution in [0, 0.1) is 19.7 Å². The summed E-state index contributed by atoms with van der Waals surface area (Å²) >= 11 is 0. The van der Waals surface area contributed by atoms with Crippen LogP contribution in [0.25, 0.3) is 0 Å². The first-order valence-corrected chi connectivity index (χ1v) is 7.12. The normalized spacial score (nSPS) is 12.2. The number of aryl methyl sites for hydroxylation is 2. The highest BCUT2D eigenvalue weighted by atomic mass is 19.1. The zero-order chi connectivity index (χ0) is 15.4. The van der Waals surface area contributed by atoms with Crippen molar-refractivity contribution in [2.24, 2.45) is 0 Å². The molecule has 1 atom stereocenters. The number of likely N-dealkylation sites (N-methyl/N-ethyl adjacent to an activating group) is 1. The molecule has 0 amide bonds. The first kappa shape index (κ1) is 15.5. The van der Waals surface area contributed by atoms with E-state index in [-0.39, 0.29) is 11.9 Å². The van der Waals surface area contributed by atoms with E-state index < -0.39 is 0 Å². The SMILES string of the molecule is CNC(Cc1cccc(F)c1)c1c(C)cc(C)cc1OC. The van der Waals surface area contributed by atoms with Gasteiger partial charge < -0.3 is 10.1 Å². The number of halogens is 1. The Bertz CT molecular complexity index is 625. The zero-order valence-electron chi connectivity index (χ0n) is 13.0. The van der Waals surface area contributed by atoms with Crippen molar-refractivity contribution in [3.05, 3.63) is 64.5 Å². The summed E-state index contributed by atoms with van der Waals surface area (Å²) in [5, 5.41) is 3.32. The van der Waals surface area contributed by atoms with Gasteiger partial charge in [0.2, 0.25) is 0 Å². The molecule has 0 radical (unpaired) electrons. The second kappa shape index (κ2) is 6.72. The van der Waals surface area contributed by atoms with E-state index in [0.717, 1.165) is 16.9 Å². The minimum atomic E-state index is -0.199. The van der Waals surface area contributed by atoms with Crippen LogP contribution in [-0.2, 0) is 6.42 Å². The van der Waals surface area contributed by atoms with Crippen LogP contribution < -0.4 is 10.1 Å². The Morgan fingerprint density at radius 2 is 1.95 bits per heavy atom. The lowest BCUT2D eigenvalue weighted by Crippen LogP contribution is -2.21. The Kier molecular flexibility index (Phi) is 4.97. The Morgan fingerprint density at radius 3 is 2.57 bits per heavy atom. The zero-order valence-corrected chi connectivity index (χ0v) is 13.0. The van der Waals surface area contributed by atoms with Crippen molar-refractivity contribution in [1.29, 1.82) is 0 Å². The molecule has 2 aromatic carbocycles. The lowest BCUT2D eigenvalue weighted by molar-refractivity contribution is 0.400. The summed E-state index contributed by atoms with van der Waals surface area (Å²) < 4.78 is 18.9. The molecule has 2 aromatic rings. The number of hydrogen-bond donors (Lipinski definition) is 1. The highest BCUT2D eigenvalue weighted by Crippen LogP contribution is 2.32. The molecule has 0 spiro atoms. The topological polar surface area (TPSA) is 21.3 Å². The van der Waals surface area contributed by atoms with Gasteiger partial charge >= 0.3 is 0 Å². The average Bonchev–Trinajstić information content (AvgIpc) is 2.44. The number of benzene rings is 2. The van der Waals surface area contributed by atoms with E-state index in [4.69, 9.17) is 4.74 Å². The van der Waals surface area contributed by atoms with Gasteiger partial charge in [0.25, 0.3) is 0 Å². The maximum absolute atomic E-state index is 13.4. The summed E-state index contributed by atoms with van der Waals surface area (Å²) in [7, 11) is 3.61. The lowest BCUT2D eigenvalue weighted by Gasteiger charge is -2.22. The standard InChI is InChI=1S/C18H22FNO/c1-12-8-13(2)18(17(9-12)21-4)16(20-3)11-14-6-5-7-15(19)10-14/h5-10,16,20H,11H2,1-4H3. The molecule has 0 bridgehead atoms. The predicted molar refractivity (Wildman–Crippen MR) is 84.4 cm³/mol. The van der Waals surface area contributed by atoms with Crippen molar-refractivity contribution in [2.45, 2.75) is 26.3 Å². The number of hydrogen-bond acceptors (Lipinski definition) is 2. The van der Waals surface area contributed by atoms with Gasteiger partial charge in [-0.2, -0.15) is 0 Å². The average molecular weight is 287 g/mol. The highest BCUT2D eigenvalue weighted by molar-refractivity contribution is 5.45. The molecule has 3 heteroatoms. The molecule has 112 valence electrons. The van der Waals surface area contributed by atoms with Crippen LogP contribution in [0.3, 0.4) is 0 Å². The highest BCUT2D eigenvalue weighted by Gasteiger charge is 2.18. The number of rotatable bonds is 5. The van der Waals surface area contributed by atoms with Gasteiger partial charge in [0.05, 0.1) is 7.11 Å².